The minimum atomic E-state index is -0.571. The van der Waals surface area contributed by atoms with E-state index < -0.39 is 5.97 Å². The van der Waals surface area contributed by atoms with Gasteiger partial charge in [0.1, 0.15) is 27.9 Å². The van der Waals surface area contributed by atoms with Gasteiger partial charge in [0.2, 0.25) is 5.91 Å². The third kappa shape index (κ3) is 5.82. The zero-order valence-electron chi connectivity index (χ0n) is 17.1. The standard InChI is InChI=1S/C23H22FNO5S/c1-28-17-9-11-18(12-10-17)30-13-3-4-20(26)25-22-21(23(27)29-2)19(14-31-22)15-5-7-16(24)8-6-15/h5-12,14H,3-4,13H2,1-2H3,(H,25,26). The molecule has 0 saturated carbocycles. The molecule has 1 amide bonds. The van der Waals surface area contributed by atoms with Crippen LogP contribution in [0.4, 0.5) is 9.39 Å². The highest BCUT2D eigenvalue weighted by Crippen LogP contribution is 2.36. The summed E-state index contributed by atoms with van der Waals surface area (Å²) in [6.45, 7) is 0.370. The van der Waals surface area contributed by atoms with Gasteiger partial charge in [-0.1, -0.05) is 12.1 Å². The molecule has 1 heterocycles. The lowest BCUT2D eigenvalue weighted by atomic mass is 10.0. The second-order valence-electron chi connectivity index (χ2n) is 6.53. The Morgan fingerprint density at radius 1 is 1.00 bits per heavy atom. The monoisotopic (exact) mass is 443 g/mol. The molecule has 8 heteroatoms. The molecular formula is C23H22FNO5S. The molecule has 2 aromatic carbocycles. The van der Waals surface area contributed by atoms with Gasteiger partial charge in [-0.05, 0) is 48.4 Å². The molecular weight excluding hydrogens is 421 g/mol. The first-order chi connectivity index (χ1) is 15.0. The van der Waals surface area contributed by atoms with Crippen molar-refractivity contribution < 1.29 is 28.2 Å². The summed E-state index contributed by atoms with van der Waals surface area (Å²) in [5.41, 5.74) is 1.49. The molecule has 3 aromatic rings. The van der Waals surface area contributed by atoms with E-state index in [4.69, 9.17) is 14.2 Å². The largest absolute Gasteiger partial charge is 0.497 e. The summed E-state index contributed by atoms with van der Waals surface area (Å²) >= 11 is 1.22. The predicted molar refractivity (Wildman–Crippen MR) is 117 cm³/mol. The molecule has 3 rings (SSSR count). The summed E-state index contributed by atoms with van der Waals surface area (Å²) in [4.78, 5) is 24.7. The van der Waals surface area contributed by atoms with E-state index in [1.165, 1.54) is 30.6 Å². The number of nitrogens with one attached hydrogen (secondary N) is 1. The first-order valence-corrected chi connectivity index (χ1v) is 10.4. The van der Waals surface area contributed by atoms with Gasteiger partial charge in [0.25, 0.3) is 0 Å². The summed E-state index contributed by atoms with van der Waals surface area (Å²) in [5.74, 6) is 0.249. The fourth-order valence-electron chi connectivity index (χ4n) is 2.88. The Labute approximate surface area is 183 Å². The number of rotatable bonds is 9. The van der Waals surface area contributed by atoms with Crippen LogP contribution in [0, 0.1) is 5.82 Å². The SMILES string of the molecule is COC(=O)c1c(-c2ccc(F)cc2)csc1NC(=O)CCCOc1ccc(OC)cc1. The van der Waals surface area contributed by atoms with Gasteiger partial charge < -0.3 is 19.5 Å². The number of thiophene rings is 1. The Balaban J connectivity index is 1.60. The van der Waals surface area contributed by atoms with Gasteiger partial charge in [-0.25, -0.2) is 9.18 Å². The fraction of sp³-hybridized carbons (Fsp3) is 0.217. The van der Waals surface area contributed by atoms with Crippen molar-refractivity contribution >= 4 is 28.2 Å². The number of anilines is 1. The summed E-state index contributed by atoms with van der Waals surface area (Å²) in [7, 11) is 2.87. The molecule has 0 aliphatic rings. The van der Waals surface area contributed by atoms with Crippen LogP contribution in [0.5, 0.6) is 11.5 Å². The van der Waals surface area contributed by atoms with Crippen molar-refractivity contribution in [2.45, 2.75) is 12.8 Å². The minimum absolute atomic E-state index is 0.223. The lowest BCUT2D eigenvalue weighted by molar-refractivity contribution is -0.116. The maximum atomic E-state index is 13.2. The topological polar surface area (TPSA) is 73.9 Å². The van der Waals surface area contributed by atoms with E-state index in [0.29, 0.717) is 34.9 Å². The summed E-state index contributed by atoms with van der Waals surface area (Å²) in [6, 6.07) is 13.0. The molecule has 31 heavy (non-hydrogen) atoms. The average Bonchev–Trinajstić information content (AvgIpc) is 3.20. The quantitative estimate of drug-likeness (QED) is 0.366. The molecule has 0 bridgehead atoms. The summed E-state index contributed by atoms with van der Waals surface area (Å²) in [6.07, 6.45) is 0.724. The molecule has 1 aromatic heterocycles. The van der Waals surface area contributed by atoms with E-state index >= 15 is 0 Å². The maximum Gasteiger partial charge on any atom is 0.341 e. The number of halogens is 1. The van der Waals surface area contributed by atoms with Crippen molar-refractivity contribution in [3.8, 4) is 22.6 Å². The Morgan fingerprint density at radius 2 is 1.68 bits per heavy atom. The van der Waals surface area contributed by atoms with E-state index in [9.17, 15) is 14.0 Å². The Morgan fingerprint density at radius 3 is 2.32 bits per heavy atom. The first-order valence-electron chi connectivity index (χ1n) is 9.54. The van der Waals surface area contributed by atoms with E-state index in [0.717, 1.165) is 5.75 Å². The van der Waals surface area contributed by atoms with Crippen LogP contribution in [0.15, 0.2) is 53.9 Å². The molecule has 0 atom stereocenters. The molecule has 162 valence electrons. The highest BCUT2D eigenvalue weighted by atomic mass is 32.1. The van der Waals surface area contributed by atoms with Crippen LogP contribution >= 0.6 is 11.3 Å². The van der Waals surface area contributed by atoms with E-state index in [-0.39, 0.29) is 23.7 Å². The van der Waals surface area contributed by atoms with E-state index in [2.05, 4.69) is 5.32 Å². The molecule has 6 nitrogen and oxygen atoms in total. The van der Waals surface area contributed by atoms with Crippen molar-refractivity contribution in [3.05, 3.63) is 65.3 Å². The Hall–Kier alpha value is -3.39. The number of esters is 1. The van der Waals surface area contributed by atoms with Crippen LogP contribution < -0.4 is 14.8 Å². The van der Waals surface area contributed by atoms with Gasteiger partial charge in [0, 0.05) is 17.4 Å². The average molecular weight is 443 g/mol. The van der Waals surface area contributed by atoms with Crippen LogP contribution in [0.25, 0.3) is 11.1 Å². The molecule has 0 saturated heterocycles. The van der Waals surface area contributed by atoms with Crippen molar-refractivity contribution in [1.82, 2.24) is 0 Å². The van der Waals surface area contributed by atoms with Gasteiger partial charge in [-0.3, -0.25) is 4.79 Å². The van der Waals surface area contributed by atoms with Gasteiger partial charge in [-0.15, -0.1) is 11.3 Å². The maximum absolute atomic E-state index is 13.2. The van der Waals surface area contributed by atoms with Crippen molar-refractivity contribution in [3.63, 3.8) is 0 Å². The number of hydrogen-bond donors (Lipinski definition) is 1. The van der Waals surface area contributed by atoms with Crippen LogP contribution in [0.1, 0.15) is 23.2 Å². The predicted octanol–water partition coefficient (Wildman–Crippen LogP) is 5.15. The number of benzene rings is 2. The number of amides is 1. The van der Waals surface area contributed by atoms with Crippen LogP contribution in [-0.4, -0.2) is 32.7 Å². The van der Waals surface area contributed by atoms with Gasteiger partial charge in [0.15, 0.2) is 0 Å². The molecule has 1 N–H and O–H groups in total. The molecule has 0 unspecified atom stereocenters. The highest BCUT2D eigenvalue weighted by molar-refractivity contribution is 7.15. The third-order valence-electron chi connectivity index (χ3n) is 4.47. The van der Waals surface area contributed by atoms with E-state index in [1.54, 1.807) is 48.9 Å². The van der Waals surface area contributed by atoms with Gasteiger partial charge in [-0.2, -0.15) is 0 Å². The normalized spacial score (nSPS) is 10.4. The summed E-state index contributed by atoms with van der Waals surface area (Å²) in [5, 5.41) is 4.91. The van der Waals surface area contributed by atoms with Gasteiger partial charge >= 0.3 is 5.97 Å². The smallest absolute Gasteiger partial charge is 0.341 e. The van der Waals surface area contributed by atoms with Gasteiger partial charge in [0.05, 0.1) is 20.8 Å². The number of ether oxygens (including phenoxy) is 3. The number of carbonyl (C=O) groups is 2. The Kier molecular flexibility index (Phi) is 7.61. The molecule has 0 aliphatic carbocycles. The van der Waals surface area contributed by atoms with Crippen molar-refractivity contribution in [2.75, 3.05) is 26.1 Å². The van der Waals surface area contributed by atoms with E-state index in [1.807, 2.05) is 0 Å². The molecule has 0 aliphatic heterocycles. The number of carbonyl (C=O) groups excluding carboxylic acids is 2. The highest BCUT2D eigenvalue weighted by Gasteiger charge is 2.22. The lowest BCUT2D eigenvalue weighted by Gasteiger charge is -2.09. The van der Waals surface area contributed by atoms with Crippen LogP contribution in [0.2, 0.25) is 0 Å². The number of hydrogen-bond acceptors (Lipinski definition) is 6. The second kappa shape index (κ2) is 10.6. The second-order valence-corrected chi connectivity index (χ2v) is 7.41. The molecule has 0 fully saturated rings. The minimum Gasteiger partial charge on any atom is -0.497 e. The first kappa shape index (κ1) is 22.3. The zero-order chi connectivity index (χ0) is 22.2. The zero-order valence-corrected chi connectivity index (χ0v) is 18.0. The Bertz CT molecular complexity index is 1030. The fourth-order valence-corrected chi connectivity index (χ4v) is 3.85. The molecule has 0 radical (unpaired) electrons. The van der Waals surface area contributed by atoms with Crippen molar-refractivity contribution in [2.24, 2.45) is 0 Å². The van der Waals surface area contributed by atoms with Crippen LogP contribution in [0.3, 0.4) is 0 Å². The van der Waals surface area contributed by atoms with Crippen LogP contribution in [-0.2, 0) is 9.53 Å². The molecule has 0 spiro atoms. The lowest BCUT2D eigenvalue weighted by Crippen LogP contribution is -2.14. The van der Waals surface area contributed by atoms with Crippen molar-refractivity contribution in [1.29, 1.82) is 0 Å². The summed E-state index contributed by atoms with van der Waals surface area (Å²) < 4.78 is 28.8. The third-order valence-corrected chi connectivity index (χ3v) is 5.36. The number of methoxy groups -OCH3 is 2.